The van der Waals surface area contributed by atoms with Crippen LogP contribution in [0.5, 0.6) is 0 Å². The van der Waals surface area contributed by atoms with E-state index in [-0.39, 0.29) is 6.04 Å². The Hall–Kier alpha value is -1.40. The molecule has 3 rings (SSSR count). The number of carboxylic acids is 1. The standard InChI is InChI=1S/C19H32N4O2/c1-4-9-21-11-7-17-19(14-21,18(24)25)8-6-10-22(17)13-16-12-20-23(5-2)15(16)3/h12,17H,4-11,13-14H2,1-3H3,(H,24,25)/t17-,19+/m1/s1. The van der Waals surface area contributed by atoms with Crippen LogP contribution in [0.2, 0.25) is 0 Å². The summed E-state index contributed by atoms with van der Waals surface area (Å²) in [6, 6.07) is 0.135. The molecule has 1 N–H and O–H groups in total. The number of fused-ring (bicyclic) bond motifs is 1. The van der Waals surface area contributed by atoms with Gasteiger partial charge < -0.3 is 10.0 Å². The first-order valence-electron chi connectivity index (χ1n) is 9.73. The van der Waals surface area contributed by atoms with Crippen molar-refractivity contribution in [3.05, 3.63) is 17.5 Å². The minimum Gasteiger partial charge on any atom is -0.481 e. The molecular formula is C19H32N4O2. The lowest BCUT2D eigenvalue weighted by molar-refractivity contribution is -0.164. The molecule has 25 heavy (non-hydrogen) atoms. The first-order chi connectivity index (χ1) is 12.0. The van der Waals surface area contributed by atoms with Gasteiger partial charge in [-0.05, 0) is 59.2 Å². The molecule has 0 amide bonds. The number of hydrogen-bond donors (Lipinski definition) is 1. The number of aryl methyl sites for hydroxylation is 1. The summed E-state index contributed by atoms with van der Waals surface area (Å²) >= 11 is 0. The molecule has 2 atom stereocenters. The van der Waals surface area contributed by atoms with Crippen molar-refractivity contribution in [2.75, 3.05) is 26.2 Å². The number of likely N-dealkylation sites (tertiary alicyclic amines) is 2. The highest BCUT2D eigenvalue weighted by molar-refractivity contribution is 5.76. The molecule has 0 radical (unpaired) electrons. The Morgan fingerprint density at radius 3 is 2.84 bits per heavy atom. The van der Waals surface area contributed by atoms with Gasteiger partial charge in [-0.15, -0.1) is 0 Å². The van der Waals surface area contributed by atoms with Crippen molar-refractivity contribution in [3.63, 3.8) is 0 Å². The van der Waals surface area contributed by atoms with Gasteiger partial charge in [0.1, 0.15) is 0 Å². The minimum atomic E-state index is -0.611. The first kappa shape index (κ1) is 18.4. The number of carbonyl (C=O) groups is 1. The molecule has 140 valence electrons. The third-order valence-electron chi connectivity index (χ3n) is 6.21. The van der Waals surface area contributed by atoms with Crippen LogP contribution in [0, 0.1) is 12.3 Å². The number of carboxylic acid groups (broad SMARTS) is 1. The summed E-state index contributed by atoms with van der Waals surface area (Å²) in [5.41, 5.74) is 1.83. The highest BCUT2D eigenvalue weighted by Crippen LogP contribution is 2.42. The number of aromatic nitrogens is 2. The molecule has 2 aliphatic heterocycles. The van der Waals surface area contributed by atoms with E-state index in [1.54, 1.807) is 0 Å². The SMILES string of the molecule is CCCN1CC[C@H]2N(Cc3cnn(CC)c3C)CCC[C@]2(C(=O)O)C1. The third kappa shape index (κ3) is 3.34. The van der Waals surface area contributed by atoms with E-state index in [9.17, 15) is 9.90 Å². The lowest BCUT2D eigenvalue weighted by atomic mass is 9.69. The molecule has 1 aromatic heterocycles. The monoisotopic (exact) mass is 348 g/mol. The fraction of sp³-hybridized carbons (Fsp3) is 0.789. The van der Waals surface area contributed by atoms with Crippen molar-refractivity contribution in [3.8, 4) is 0 Å². The van der Waals surface area contributed by atoms with Gasteiger partial charge in [0.25, 0.3) is 0 Å². The molecule has 0 saturated carbocycles. The van der Waals surface area contributed by atoms with Crippen LogP contribution >= 0.6 is 0 Å². The quantitative estimate of drug-likeness (QED) is 0.855. The van der Waals surface area contributed by atoms with Gasteiger partial charge in [-0.1, -0.05) is 6.92 Å². The summed E-state index contributed by atoms with van der Waals surface area (Å²) in [7, 11) is 0. The maximum Gasteiger partial charge on any atom is 0.312 e. The summed E-state index contributed by atoms with van der Waals surface area (Å²) in [6.45, 7) is 11.8. The summed E-state index contributed by atoms with van der Waals surface area (Å²) in [5.74, 6) is -0.607. The van der Waals surface area contributed by atoms with Crippen LogP contribution in [-0.2, 0) is 17.9 Å². The second-order valence-corrected chi connectivity index (χ2v) is 7.69. The minimum absolute atomic E-state index is 0.135. The number of aliphatic carboxylic acids is 1. The van der Waals surface area contributed by atoms with E-state index in [2.05, 4.69) is 35.7 Å². The van der Waals surface area contributed by atoms with E-state index < -0.39 is 11.4 Å². The largest absolute Gasteiger partial charge is 0.481 e. The molecule has 2 saturated heterocycles. The predicted molar refractivity (Wildman–Crippen MR) is 97.5 cm³/mol. The maximum absolute atomic E-state index is 12.3. The zero-order valence-electron chi connectivity index (χ0n) is 15.9. The lowest BCUT2D eigenvalue weighted by Gasteiger charge is -2.53. The van der Waals surface area contributed by atoms with E-state index in [4.69, 9.17) is 0 Å². The smallest absolute Gasteiger partial charge is 0.312 e. The van der Waals surface area contributed by atoms with Crippen molar-refractivity contribution in [2.24, 2.45) is 5.41 Å². The van der Waals surface area contributed by atoms with Gasteiger partial charge in [-0.3, -0.25) is 14.4 Å². The van der Waals surface area contributed by atoms with E-state index in [0.717, 1.165) is 58.4 Å². The van der Waals surface area contributed by atoms with Crippen LogP contribution in [0.25, 0.3) is 0 Å². The molecule has 0 bridgehead atoms. The van der Waals surface area contributed by atoms with Gasteiger partial charge in [0.05, 0.1) is 11.6 Å². The Labute approximate surface area is 150 Å². The highest BCUT2D eigenvalue weighted by atomic mass is 16.4. The molecule has 6 nitrogen and oxygen atoms in total. The topological polar surface area (TPSA) is 61.6 Å². The average Bonchev–Trinajstić information content (AvgIpc) is 2.95. The van der Waals surface area contributed by atoms with Crippen LogP contribution < -0.4 is 0 Å². The number of piperidine rings is 2. The van der Waals surface area contributed by atoms with Crippen LogP contribution in [0.4, 0.5) is 0 Å². The molecule has 0 spiro atoms. The van der Waals surface area contributed by atoms with E-state index in [1.165, 1.54) is 11.3 Å². The normalized spacial score (nSPS) is 28.0. The fourth-order valence-electron chi connectivity index (χ4n) is 4.89. The van der Waals surface area contributed by atoms with Gasteiger partial charge in [-0.25, -0.2) is 0 Å². The first-order valence-corrected chi connectivity index (χ1v) is 9.73. The number of nitrogens with zero attached hydrogens (tertiary/aromatic N) is 4. The summed E-state index contributed by atoms with van der Waals surface area (Å²) in [5, 5.41) is 14.6. The van der Waals surface area contributed by atoms with Crippen LogP contribution in [0.1, 0.15) is 50.8 Å². The molecule has 6 heteroatoms. The Kier molecular flexibility index (Phi) is 5.49. The molecule has 1 aromatic rings. The molecule has 2 aliphatic rings. The van der Waals surface area contributed by atoms with Crippen LogP contribution in [-0.4, -0.2) is 62.9 Å². The zero-order valence-corrected chi connectivity index (χ0v) is 15.9. The molecule has 0 unspecified atom stereocenters. The predicted octanol–water partition coefficient (Wildman–Crippen LogP) is 2.36. The third-order valence-corrected chi connectivity index (χ3v) is 6.21. The Balaban J connectivity index is 1.82. The fourth-order valence-corrected chi connectivity index (χ4v) is 4.89. The maximum atomic E-state index is 12.3. The van der Waals surface area contributed by atoms with E-state index in [0.29, 0.717) is 6.54 Å². The van der Waals surface area contributed by atoms with Crippen LogP contribution in [0.3, 0.4) is 0 Å². The van der Waals surface area contributed by atoms with Crippen molar-refractivity contribution in [1.29, 1.82) is 0 Å². The molecule has 2 fully saturated rings. The van der Waals surface area contributed by atoms with Crippen molar-refractivity contribution in [1.82, 2.24) is 19.6 Å². The van der Waals surface area contributed by atoms with Gasteiger partial charge in [0, 0.05) is 36.9 Å². The lowest BCUT2D eigenvalue weighted by Crippen LogP contribution is -2.63. The van der Waals surface area contributed by atoms with Crippen LogP contribution in [0.15, 0.2) is 6.20 Å². The Morgan fingerprint density at radius 1 is 1.40 bits per heavy atom. The highest BCUT2D eigenvalue weighted by Gasteiger charge is 2.53. The van der Waals surface area contributed by atoms with E-state index in [1.807, 2.05) is 10.9 Å². The summed E-state index contributed by atoms with van der Waals surface area (Å²) in [6.07, 6.45) is 5.76. The van der Waals surface area contributed by atoms with E-state index >= 15 is 0 Å². The zero-order chi connectivity index (χ0) is 18.0. The number of hydrogen-bond acceptors (Lipinski definition) is 4. The van der Waals surface area contributed by atoms with Crippen molar-refractivity contribution >= 4 is 5.97 Å². The van der Waals surface area contributed by atoms with Gasteiger partial charge in [0.15, 0.2) is 0 Å². The molecule has 0 aromatic carbocycles. The second kappa shape index (κ2) is 7.46. The van der Waals surface area contributed by atoms with Gasteiger partial charge >= 0.3 is 5.97 Å². The van der Waals surface area contributed by atoms with Crippen molar-refractivity contribution < 1.29 is 9.90 Å². The molecular weight excluding hydrogens is 316 g/mol. The van der Waals surface area contributed by atoms with Gasteiger partial charge in [0.2, 0.25) is 0 Å². The molecule has 3 heterocycles. The second-order valence-electron chi connectivity index (χ2n) is 7.69. The average molecular weight is 348 g/mol. The Morgan fingerprint density at radius 2 is 2.20 bits per heavy atom. The summed E-state index contributed by atoms with van der Waals surface area (Å²) in [4.78, 5) is 17.1. The summed E-state index contributed by atoms with van der Waals surface area (Å²) < 4.78 is 2.02. The number of rotatable bonds is 6. The molecule has 0 aliphatic carbocycles. The van der Waals surface area contributed by atoms with Gasteiger partial charge in [-0.2, -0.15) is 5.10 Å². The van der Waals surface area contributed by atoms with Crippen molar-refractivity contribution in [2.45, 2.75) is 65.6 Å². The Bertz CT molecular complexity index is 615.